The highest BCUT2D eigenvalue weighted by Crippen LogP contribution is 2.24. The summed E-state index contributed by atoms with van der Waals surface area (Å²) in [5.41, 5.74) is 8.45. The maximum absolute atomic E-state index is 12.7. The fraction of sp³-hybridized carbons (Fsp3) is 0.500. The number of hydrogen-bond acceptors (Lipinski definition) is 3. The minimum atomic E-state index is -0.458. The third kappa shape index (κ3) is 2.75. The average molecular weight is 273 g/mol. The Labute approximate surface area is 120 Å². The van der Waals surface area contributed by atoms with Crippen LogP contribution in [0.15, 0.2) is 24.4 Å². The van der Waals surface area contributed by atoms with Gasteiger partial charge < -0.3 is 5.73 Å². The van der Waals surface area contributed by atoms with Crippen LogP contribution in [0.1, 0.15) is 56.1 Å². The lowest BCUT2D eigenvalue weighted by Gasteiger charge is -2.14. The number of hydrogen-bond donors (Lipinski definition) is 1. The van der Waals surface area contributed by atoms with E-state index in [2.05, 4.69) is 18.9 Å². The van der Waals surface area contributed by atoms with Gasteiger partial charge in [0.15, 0.2) is 5.78 Å². The molecule has 0 bridgehead atoms. The first kappa shape index (κ1) is 14.7. The number of aromatic nitrogens is 2. The van der Waals surface area contributed by atoms with Crippen molar-refractivity contribution in [2.24, 2.45) is 11.7 Å². The average Bonchev–Trinajstić information content (AvgIpc) is 2.76. The topological polar surface area (TPSA) is 60.4 Å². The molecule has 2 N–H and O–H groups in total. The van der Waals surface area contributed by atoms with Gasteiger partial charge in [-0.3, -0.25) is 4.79 Å². The van der Waals surface area contributed by atoms with Crippen molar-refractivity contribution in [2.45, 2.75) is 46.1 Å². The number of Topliss-reactive ketones (excluding diaryl/α,β-unsaturated/α-hetero) is 1. The quantitative estimate of drug-likeness (QED) is 0.852. The normalized spacial score (nSPS) is 13.3. The Kier molecular flexibility index (Phi) is 4.23. The fourth-order valence-corrected chi connectivity index (χ4v) is 2.47. The highest BCUT2D eigenvalue weighted by atomic mass is 16.1. The number of ketones is 1. The Morgan fingerprint density at radius 2 is 2.00 bits per heavy atom. The first-order chi connectivity index (χ1) is 9.41. The second-order valence-corrected chi connectivity index (χ2v) is 6.05. The minimum Gasteiger partial charge on any atom is -0.321 e. The van der Waals surface area contributed by atoms with Crippen LogP contribution in [0.5, 0.6) is 0 Å². The first-order valence-electron chi connectivity index (χ1n) is 7.18. The Hall–Kier alpha value is -1.68. The molecule has 2 aromatic heterocycles. The van der Waals surface area contributed by atoms with Crippen molar-refractivity contribution in [2.75, 3.05) is 0 Å². The number of pyridine rings is 1. The summed E-state index contributed by atoms with van der Waals surface area (Å²) in [6.45, 7) is 8.25. The molecule has 4 nitrogen and oxygen atoms in total. The van der Waals surface area contributed by atoms with E-state index in [1.807, 2.05) is 38.2 Å². The zero-order valence-corrected chi connectivity index (χ0v) is 12.6. The molecule has 0 aliphatic carbocycles. The van der Waals surface area contributed by atoms with Gasteiger partial charge in [0, 0.05) is 6.20 Å². The predicted molar refractivity (Wildman–Crippen MR) is 81.0 cm³/mol. The van der Waals surface area contributed by atoms with Gasteiger partial charge in [-0.05, 0) is 30.4 Å². The van der Waals surface area contributed by atoms with E-state index < -0.39 is 6.04 Å². The molecule has 1 unspecified atom stereocenters. The minimum absolute atomic E-state index is 0.00333. The summed E-state index contributed by atoms with van der Waals surface area (Å²) in [4.78, 5) is 12.7. The summed E-state index contributed by atoms with van der Waals surface area (Å²) in [5, 5.41) is 4.54. The highest BCUT2D eigenvalue weighted by Gasteiger charge is 2.26. The highest BCUT2D eigenvalue weighted by molar-refractivity contribution is 6.06. The molecular weight excluding hydrogens is 250 g/mol. The van der Waals surface area contributed by atoms with E-state index in [0.29, 0.717) is 17.9 Å². The van der Waals surface area contributed by atoms with Gasteiger partial charge in [0.25, 0.3) is 0 Å². The molecule has 4 heteroatoms. The zero-order chi connectivity index (χ0) is 14.9. The number of fused-ring (bicyclic) bond motifs is 1. The summed E-state index contributed by atoms with van der Waals surface area (Å²) in [6.07, 6.45) is 2.56. The molecular formula is C16H23N3O. The molecule has 0 fully saturated rings. The first-order valence-corrected chi connectivity index (χ1v) is 7.18. The lowest BCUT2D eigenvalue weighted by Crippen LogP contribution is -2.32. The van der Waals surface area contributed by atoms with E-state index in [9.17, 15) is 4.79 Å². The van der Waals surface area contributed by atoms with Crippen molar-refractivity contribution in [3.05, 3.63) is 35.7 Å². The van der Waals surface area contributed by atoms with Gasteiger partial charge >= 0.3 is 0 Å². The van der Waals surface area contributed by atoms with Crippen molar-refractivity contribution in [3.63, 3.8) is 0 Å². The molecule has 0 spiro atoms. The molecule has 0 radical (unpaired) electrons. The van der Waals surface area contributed by atoms with Crippen LogP contribution < -0.4 is 5.73 Å². The number of carbonyl (C=O) groups is 1. The van der Waals surface area contributed by atoms with Crippen LogP contribution in [-0.4, -0.2) is 21.4 Å². The lowest BCUT2D eigenvalue weighted by atomic mass is 9.93. The Bertz CT molecular complexity index is 613. The zero-order valence-electron chi connectivity index (χ0n) is 12.6. The third-order valence-corrected chi connectivity index (χ3v) is 3.42. The van der Waals surface area contributed by atoms with E-state index in [-0.39, 0.29) is 11.7 Å². The molecule has 20 heavy (non-hydrogen) atoms. The number of carbonyl (C=O) groups excluding carboxylic acids is 1. The molecule has 2 aromatic rings. The van der Waals surface area contributed by atoms with Crippen LogP contribution in [0.25, 0.3) is 5.52 Å². The summed E-state index contributed by atoms with van der Waals surface area (Å²) >= 11 is 0. The standard InChI is InChI=1S/C16H23N3O/c1-10(2)9-12(17)16(20)14-13-7-5-6-8-19(13)18-15(14)11(3)4/h5-8,10-12H,9,17H2,1-4H3. The predicted octanol–water partition coefficient (Wildman–Crippen LogP) is 3.01. The van der Waals surface area contributed by atoms with Crippen LogP contribution in [-0.2, 0) is 0 Å². The van der Waals surface area contributed by atoms with Gasteiger partial charge in [-0.2, -0.15) is 5.10 Å². The maximum atomic E-state index is 12.7. The second-order valence-electron chi connectivity index (χ2n) is 6.05. The molecule has 2 rings (SSSR count). The summed E-state index contributed by atoms with van der Waals surface area (Å²) in [7, 11) is 0. The monoisotopic (exact) mass is 273 g/mol. The second kappa shape index (κ2) is 5.75. The number of nitrogens with two attached hydrogens (primary N) is 1. The molecule has 0 amide bonds. The van der Waals surface area contributed by atoms with Gasteiger partial charge in [-0.15, -0.1) is 0 Å². The van der Waals surface area contributed by atoms with E-state index >= 15 is 0 Å². The van der Waals surface area contributed by atoms with E-state index in [4.69, 9.17) is 5.73 Å². The van der Waals surface area contributed by atoms with Gasteiger partial charge in [-0.25, -0.2) is 4.52 Å². The summed E-state index contributed by atoms with van der Waals surface area (Å²) in [6, 6.07) is 5.30. The fourth-order valence-electron chi connectivity index (χ4n) is 2.47. The molecule has 0 aromatic carbocycles. The lowest BCUT2D eigenvalue weighted by molar-refractivity contribution is 0.0951. The van der Waals surface area contributed by atoms with Gasteiger partial charge in [-0.1, -0.05) is 33.8 Å². The van der Waals surface area contributed by atoms with E-state index in [1.165, 1.54) is 0 Å². The van der Waals surface area contributed by atoms with Crippen LogP contribution in [0.4, 0.5) is 0 Å². The number of rotatable bonds is 5. The van der Waals surface area contributed by atoms with Crippen molar-refractivity contribution in [1.82, 2.24) is 9.61 Å². The van der Waals surface area contributed by atoms with Gasteiger partial charge in [0.1, 0.15) is 0 Å². The molecule has 108 valence electrons. The van der Waals surface area contributed by atoms with Crippen molar-refractivity contribution in [1.29, 1.82) is 0 Å². The Balaban J connectivity index is 2.51. The largest absolute Gasteiger partial charge is 0.321 e. The van der Waals surface area contributed by atoms with Gasteiger partial charge in [0.2, 0.25) is 0 Å². The Morgan fingerprint density at radius 1 is 1.30 bits per heavy atom. The molecule has 0 saturated carbocycles. The van der Waals surface area contributed by atoms with E-state index in [0.717, 1.165) is 11.2 Å². The third-order valence-electron chi connectivity index (χ3n) is 3.42. The van der Waals surface area contributed by atoms with E-state index in [1.54, 1.807) is 4.52 Å². The van der Waals surface area contributed by atoms with Crippen molar-refractivity contribution < 1.29 is 4.79 Å². The Morgan fingerprint density at radius 3 is 2.60 bits per heavy atom. The molecule has 0 saturated heterocycles. The summed E-state index contributed by atoms with van der Waals surface area (Å²) in [5.74, 6) is 0.599. The van der Waals surface area contributed by atoms with Crippen molar-refractivity contribution in [3.8, 4) is 0 Å². The molecule has 0 aliphatic rings. The van der Waals surface area contributed by atoms with Crippen LogP contribution >= 0.6 is 0 Å². The van der Waals surface area contributed by atoms with Crippen LogP contribution in [0.2, 0.25) is 0 Å². The smallest absolute Gasteiger partial charge is 0.183 e. The van der Waals surface area contributed by atoms with Crippen LogP contribution in [0, 0.1) is 5.92 Å². The van der Waals surface area contributed by atoms with Crippen molar-refractivity contribution >= 4 is 11.3 Å². The molecule has 2 heterocycles. The molecule has 0 aliphatic heterocycles. The summed E-state index contributed by atoms with van der Waals surface area (Å²) < 4.78 is 1.77. The number of nitrogens with zero attached hydrogens (tertiary/aromatic N) is 2. The van der Waals surface area contributed by atoms with Crippen LogP contribution in [0.3, 0.4) is 0 Å². The molecule has 1 atom stereocenters. The van der Waals surface area contributed by atoms with Gasteiger partial charge in [0.05, 0.1) is 22.8 Å². The SMILES string of the molecule is CC(C)CC(N)C(=O)c1c(C(C)C)nn2ccccc12. The maximum Gasteiger partial charge on any atom is 0.183 e.